The van der Waals surface area contributed by atoms with Gasteiger partial charge in [-0.05, 0) is 37.1 Å². The predicted octanol–water partition coefficient (Wildman–Crippen LogP) is 2.76. The number of hydrogen-bond donors (Lipinski definition) is 2. The summed E-state index contributed by atoms with van der Waals surface area (Å²) < 4.78 is 0. The van der Waals surface area contributed by atoms with Crippen LogP contribution in [-0.4, -0.2) is 84.0 Å². The zero-order valence-corrected chi connectivity index (χ0v) is 21.5. The maximum atomic E-state index is 13.0. The summed E-state index contributed by atoms with van der Waals surface area (Å²) in [6, 6.07) is 15.1. The number of aliphatic hydroxyl groups is 1. The highest BCUT2D eigenvalue weighted by atomic mass is 35.5. The first-order valence-electron chi connectivity index (χ1n) is 11.3. The molecule has 0 aromatic heterocycles. The molecule has 9 heteroatoms. The Kier molecular flexibility index (Phi) is 8.18. The second kappa shape index (κ2) is 10.6. The molecule has 7 nitrogen and oxygen atoms in total. The molecule has 4 rings (SSSR count). The van der Waals surface area contributed by atoms with E-state index in [4.69, 9.17) is 11.6 Å². The Morgan fingerprint density at radius 3 is 2.41 bits per heavy atom. The van der Waals surface area contributed by atoms with Crippen LogP contribution in [0.25, 0.3) is 0 Å². The Hall–Kier alpha value is -2.26. The SMILES string of the molecule is CN(C)C(=O)c1ccc(NC2CN(C3CCN(C(=O)[C@@](C)(O)c4ccccc4)C3)C2)cc1Cl.S. The highest BCUT2D eigenvalue weighted by molar-refractivity contribution is 7.59. The monoisotopic (exact) mass is 504 g/mol. The van der Waals surface area contributed by atoms with Crippen molar-refractivity contribution in [2.24, 2.45) is 0 Å². The van der Waals surface area contributed by atoms with Crippen LogP contribution in [0.2, 0.25) is 5.02 Å². The van der Waals surface area contributed by atoms with E-state index in [-0.39, 0.29) is 31.4 Å². The van der Waals surface area contributed by atoms with Crippen LogP contribution in [0.15, 0.2) is 48.5 Å². The number of hydrogen-bond acceptors (Lipinski definition) is 5. The predicted molar refractivity (Wildman–Crippen MR) is 140 cm³/mol. The molecule has 0 radical (unpaired) electrons. The van der Waals surface area contributed by atoms with Crippen molar-refractivity contribution in [1.29, 1.82) is 0 Å². The molecule has 2 saturated heterocycles. The minimum Gasteiger partial charge on any atom is -0.380 e. The molecule has 2 heterocycles. The van der Waals surface area contributed by atoms with E-state index >= 15 is 0 Å². The maximum Gasteiger partial charge on any atom is 0.258 e. The van der Waals surface area contributed by atoms with Crippen molar-refractivity contribution in [2.45, 2.75) is 31.0 Å². The highest BCUT2D eigenvalue weighted by Gasteiger charge is 2.42. The van der Waals surface area contributed by atoms with Gasteiger partial charge in [0.1, 0.15) is 0 Å². The van der Waals surface area contributed by atoms with Crippen molar-refractivity contribution in [2.75, 3.05) is 45.6 Å². The van der Waals surface area contributed by atoms with Crippen LogP contribution in [0.4, 0.5) is 5.69 Å². The lowest BCUT2D eigenvalue weighted by Crippen LogP contribution is -2.59. The minimum atomic E-state index is -1.52. The van der Waals surface area contributed by atoms with Crippen molar-refractivity contribution in [3.05, 3.63) is 64.7 Å². The van der Waals surface area contributed by atoms with Gasteiger partial charge in [0.2, 0.25) is 0 Å². The number of nitrogens with one attached hydrogen (secondary N) is 1. The van der Waals surface area contributed by atoms with Gasteiger partial charge in [-0.2, -0.15) is 13.5 Å². The molecule has 184 valence electrons. The van der Waals surface area contributed by atoms with E-state index in [1.165, 1.54) is 4.90 Å². The van der Waals surface area contributed by atoms with E-state index in [2.05, 4.69) is 10.2 Å². The Balaban J connectivity index is 0.00000324. The van der Waals surface area contributed by atoms with Gasteiger partial charge in [0, 0.05) is 52.0 Å². The molecule has 2 fully saturated rings. The molecule has 0 spiro atoms. The van der Waals surface area contributed by atoms with Crippen LogP contribution in [-0.2, 0) is 10.4 Å². The molecule has 1 unspecified atom stereocenters. The molecule has 2 N–H and O–H groups in total. The molecule has 34 heavy (non-hydrogen) atoms. The third-order valence-electron chi connectivity index (χ3n) is 6.61. The van der Waals surface area contributed by atoms with Gasteiger partial charge in [0.25, 0.3) is 11.8 Å². The number of rotatable bonds is 6. The van der Waals surface area contributed by atoms with Crippen LogP contribution in [0, 0.1) is 0 Å². The molecular formula is C25H33ClN4O3S. The molecule has 2 aliphatic heterocycles. The average molecular weight is 505 g/mol. The fraction of sp³-hybridized carbons (Fsp3) is 0.440. The molecule has 2 aliphatic rings. The molecular weight excluding hydrogens is 472 g/mol. The van der Waals surface area contributed by atoms with Crippen molar-refractivity contribution in [1.82, 2.24) is 14.7 Å². The van der Waals surface area contributed by atoms with E-state index < -0.39 is 5.60 Å². The fourth-order valence-electron chi connectivity index (χ4n) is 4.58. The summed E-state index contributed by atoms with van der Waals surface area (Å²) in [5.41, 5.74) is 0.476. The second-order valence-corrected chi connectivity index (χ2v) is 9.73. The van der Waals surface area contributed by atoms with E-state index in [0.29, 0.717) is 35.3 Å². The smallest absolute Gasteiger partial charge is 0.258 e. The molecule has 0 aliphatic carbocycles. The number of nitrogens with zero attached hydrogens (tertiary/aromatic N) is 3. The van der Waals surface area contributed by atoms with Gasteiger partial charge in [-0.25, -0.2) is 0 Å². The third kappa shape index (κ3) is 5.35. The van der Waals surface area contributed by atoms with Crippen LogP contribution in [0.5, 0.6) is 0 Å². The lowest BCUT2D eigenvalue weighted by Gasteiger charge is -2.44. The lowest BCUT2D eigenvalue weighted by molar-refractivity contribution is -0.149. The standard InChI is InChI=1S/C25H31ClN4O3.H2S/c1-25(33,17-7-5-4-6-8-17)24(32)29-12-11-20(16-29)30-14-19(15-30)27-18-9-10-21(22(26)13-18)23(31)28(2)3;/h4-10,13,19-20,27,33H,11-12,14-16H2,1-3H3;1H2/t20?,25-;/m0./s1. The van der Waals surface area contributed by atoms with Gasteiger partial charge in [0.05, 0.1) is 16.6 Å². The summed E-state index contributed by atoms with van der Waals surface area (Å²) in [7, 11) is 3.41. The lowest BCUT2D eigenvalue weighted by atomic mass is 9.94. The Morgan fingerprint density at radius 1 is 1.12 bits per heavy atom. The molecule has 0 saturated carbocycles. The average Bonchev–Trinajstić information content (AvgIpc) is 3.25. The fourth-order valence-corrected chi connectivity index (χ4v) is 4.84. The van der Waals surface area contributed by atoms with Gasteiger partial charge in [0.15, 0.2) is 5.60 Å². The quantitative estimate of drug-likeness (QED) is 0.632. The topological polar surface area (TPSA) is 76.1 Å². The van der Waals surface area contributed by atoms with E-state index in [1.54, 1.807) is 50.2 Å². The van der Waals surface area contributed by atoms with Crippen LogP contribution < -0.4 is 5.32 Å². The Morgan fingerprint density at radius 2 is 1.79 bits per heavy atom. The summed E-state index contributed by atoms with van der Waals surface area (Å²) in [5.74, 6) is -0.360. The second-order valence-electron chi connectivity index (χ2n) is 9.32. The molecule has 2 atom stereocenters. The van der Waals surface area contributed by atoms with E-state index in [1.807, 2.05) is 24.3 Å². The molecule has 2 aromatic carbocycles. The zero-order valence-electron chi connectivity index (χ0n) is 19.8. The van der Waals surface area contributed by atoms with Crippen molar-refractivity contribution < 1.29 is 14.7 Å². The number of carbonyl (C=O) groups excluding carboxylic acids is 2. The van der Waals surface area contributed by atoms with Gasteiger partial charge in [-0.1, -0.05) is 41.9 Å². The summed E-state index contributed by atoms with van der Waals surface area (Å²) in [5, 5.41) is 14.8. The number of amides is 2. The summed E-state index contributed by atoms with van der Waals surface area (Å²) in [6.45, 7) is 4.60. The molecule has 2 amide bonds. The first-order valence-corrected chi connectivity index (χ1v) is 11.6. The first-order chi connectivity index (χ1) is 15.7. The third-order valence-corrected chi connectivity index (χ3v) is 6.92. The van der Waals surface area contributed by atoms with E-state index in [0.717, 1.165) is 25.2 Å². The molecule has 0 bridgehead atoms. The number of benzene rings is 2. The summed E-state index contributed by atoms with van der Waals surface area (Å²) >= 11 is 6.32. The van der Waals surface area contributed by atoms with Gasteiger partial charge in [-0.15, -0.1) is 0 Å². The van der Waals surface area contributed by atoms with Crippen LogP contribution >= 0.6 is 25.1 Å². The Bertz CT molecular complexity index is 1030. The number of anilines is 1. The summed E-state index contributed by atoms with van der Waals surface area (Å²) in [6.07, 6.45) is 0.899. The number of halogens is 1. The minimum absolute atomic E-state index is 0. The van der Waals surface area contributed by atoms with Crippen LogP contribution in [0.1, 0.15) is 29.3 Å². The zero-order chi connectivity index (χ0) is 23.8. The van der Waals surface area contributed by atoms with Gasteiger partial charge < -0.3 is 20.2 Å². The number of likely N-dealkylation sites (tertiary alicyclic amines) is 2. The summed E-state index contributed by atoms with van der Waals surface area (Å²) in [4.78, 5) is 30.8. The number of carbonyl (C=O) groups is 2. The van der Waals surface area contributed by atoms with Gasteiger partial charge >= 0.3 is 0 Å². The van der Waals surface area contributed by atoms with E-state index in [9.17, 15) is 14.7 Å². The largest absolute Gasteiger partial charge is 0.380 e. The molecule has 2 aromatic rings. The maximum absolute atomic E-state index is 13.0. The first kappa shape index (κ1) is 26.3. The van der Waals surface area contributed by atoms with Gasteiger partial charge in [-0.3, -0.25) is 14.5 Å². The van der Waals surface area contributed by atoms with Crippen molar-refractivity contribution in [3.8, 4) is 0 Å². The van der Waals surface area contributed by atoms with Crippen molar-refractivity contribution >= 4 is 42.6 Å². The van der Waals surface area contributed by atoms with Crippen molar-refractivity contribution in [3.63, 3.8) is 0 Å². The normalized spacial score (nSPS) is 20.1. The van der Waals surface area contributed by atoms with Crippen LogP contribution in [0.3, 0.4) is 0 Å². The highest BCUT2D eigenvalue weighted by Crippen LogP contribution is 2.29. The Labute approximate surface area is 213 Å².